The lowest BCUT2D eigenvalue weighted by molar-refractivity contribution is -0.150. The predicted molar refractivity (Wildman–Crippen MR) is 76.6 cm³/mol. The topological polar surface area (TPSA) is 58.6 Å². The van der Waals surface area contributed by atoms with Gasteiger partial charge in [-0.2, -0.15) is 0 Å². The zero-order valence-corrected chi connectivity index (χ0v) is 12.5. The number of hydrogen-bond donors (Lipinski definition) is 2. The number of nitrogens with one attached hydrogen (secondary N) is 1. The first-order valence-corrected chi connectivity index (χ1v) is 7.13. The number of halogens is 1. The second-order valence-electron chi connectivity index (χ2n) is 4.97. The normalized spacial score (nSPS) is 18.0. The highest BCUT2D eigenvalue weighted by Gasteiger charge is 2.40. The molecule has 0 atom stereocenters. The van der Waals surface area contributed by atoms with Crippen LogP contribution in [0.5, 0.6) is 5.75 Å². The minimum absolute atomic E-state index is 0.530. The highest BCUT2D eigenvalue weighted by molar-refractivity contribution is 9.10. The third-order valence-electron chi connectivity index (χ3n) is 3.80. The molecule has 19 heavy (non-hydrogen) atoms. The van der Waals surface area contributed by atoms with Crippen molar-refractivity contribution in [1.29, 1.82) is 0 Å². The van der Waals surface area contributed by atoms with Gasteiger partial charge in [0.05, 0.1) is 12.5 Å². The Morgan fingerprint density at radius 3 is 2.74 bits per heavy atom. The maximum atomic E-state index is 11.7. The first-order chi connectivity index (χ1) is 9.07. The monoisotopic (exact) mass is 327 g/mol. The van der Waals surface area contributed by atoms with Gasteiger partial charge in [-0.15, -0.1) is 0 Å². The molecule has 0 radical (unpaired) electrons. The molecule has 1 aromatic carbocycles. The number of carboxylic acid groups (broad SMARTS) is 1. The second kappa shape index (κ2) is 5.92. The molecule has 2 N–H and O–H groups in total. The molecular weight excluding hydrogens is 310 g/mol. The van der Waals surface area contributed by atoms with E-state index in [9.17, 15) is 9.90 Å². The van der Waals surface area contributed by atoms with Crippen LogP contribution in [-0.2, 0) is 11.2 Å². The Balaban J connectivity index is 2.28. The van der Waals surface area contributed by atoms with E-state index in [-0.39, 0.29) is 0 Å². The van der Waals surface area contributed by atoms with Crippen molar-refractivity contribution in [2.24, 2.45) is 5.41 Å². The lowest BCUT2D eigenvalue weighted by Crippen LogP contribution is -2.43. The van der Waals surface area contributed by atoms with Gasteiger partial charge in [0.1, 0.15) is 5.75 Å². The lowest BCUT2D eigenvalue weighted by Gasteiger charge is -2.34. The van der Waals surface area contributed by atoms with Crippen LogP contribution in [0.4, 0.5) is 0 Å². The Morgan fingerprint density at radius 2 is 2.16 bits per heavy atom. The molecule has 1 aliphatic rings. The Kier molecular flexibility index (Phi) is 4.47. The van der Waals surface area contributed by atoms with Crippen LogP contribution in [0.2, 0.25) is 0 Å². The van der Waals surface area contributed by atoms with Crippen molar-refractivity contribution in [1.82, 2.24) is 5.32 Å². The molecule has 0 spiro atoms. The van der Waals surface area contributed by atoms with Crippen LogP contribution in [0.15, 0.2) is 22.7 Å². The molecular formula is C14H18BrNO3. The van der Waals surface area contributed by atoms with Gasteiger partial charge >= 0.3 is 5.97 Å². The number of aliphatic carboxylic acids is 1. The van der Waals surface area contributed by atoms with Crippen LogP contribution in [-0.4, -0.2) is 31.3 Å². The van der Waals surface area contributed by atoms with Crippen LogP contribution >= 0.6 is 15.9 Å². The number of carboxylic acids is 1. The van der Waals surface area contributed by atoms with Gasteiger partial charge in [-0.05, 0) is 56.1 Å². The van der Waals surface area contributed by atoms with Crippen molar-refractivity contribution in [2.75, 3.05) is 20.2 Å². The summed E-state index contributed by atoms with van der Waals surface area (Å²) >= 11 is 3.50. The van der Waals surface area contributed by atoms with E-state index in [4.69, 9.17) is 4.74 Å². The van der Waals surface area contributed by atoms with E-state index in [2.05, 4.69) is 21.2 Å². The summed E-state index contributed by atoms with van der Waals surface area (Å²) in [6, 6.07) is 5.69. The quantitative estimate of drug-likeness (QED) is 0.891. The van der Waals surface area contributed by atoms with Gasteiger partial charge in [-0.25, -0.2) is 0 Å². The summed E-state index contributed by atoms with van der Waals surface area (Å²) in [5, 5.41) is 12.8. The minimum Gasteiger partial charge on any atom is -0.497 e. The average molecular weight is 328 g/mol. The molecule has 0 saturated carbocycles. The van der Waals surface area contributed by atoms with E-state index in [0.717, 1.165) is 28.9 Å². The van der Waals surface area contributed by atoms with Gasteiger partial charge in [0.2, 0.25) is 0 Å². The Hall–Kier alpha value is -1.07. The molecule has 0 bridgehead atoms. The summed E-state index contributed by atoms with van der Waals surface area (Å²) in [5.41, 5.74) is 0.323. The summed E-state index contributed by atoms with van der Waals surface area (Å²) in [5.74, 6) is 0.0522. The standard InChI is InChI=1S/C14H18BrNO3/c1-19-11-2-3-12(15)10(8-11)9-14(13(17)18)4-6-16-7-5-14/h2-3,8,16H,4-7,9H2,1H3,(H,17,18). The number of carbonyl (C=O) groups is 1. The van der Waals surface area contributed by atoms with Crippen LogP contribution in [0.25, 0.3) is 0 Å². The van der Waals surface area contributed by atoms with Gasteiger partial charge < -0.3 is 15.2 Å². The third-order valence-corrected chi connectivity index (χ3v) is 4.57. The highest BCUT2D eigenvalue weighted by atomic mass is 79.9. The van der Waals surface area contributed by atoms with Crippen molar-refractivity contribution < 1.29 is 14.6 Å². The molecule has 5 heteroatoms. The van der Waals surface area contributed by atoms with Crippen LogP contribution in [0, 0.1) is 5.41 Å². The summed E-state index contributed by atoms with van der Waals surface area (Å²) in [6.07, 6.45) is 1.85. The SMILES string of the molecule is COc1ccc(Br)c(CC2(C(=O)O)CCNCC2)c1. The van der Waals surface area contributed by atoms with E-state index in [1.165, 1.54) is 0 Å². The molecule has 1 saturated heterocycles. The molecule has 0 aliphatic carbocycles. The fourth-order valence-corrected chi connectivity index (χ4v) is 2.94. The average Bonchev–Trinajstić information content (AvgIpc) is 2.42. The third kappa shape index (κ3) is 3.09. The van der Waals surface area contributed by atoms with Crippen molar-refractivity contribution in [3.63, 3.8) is 0 Å². The van der Waals surface area contributed by atoms with Crippen LogP contribution < -0.4 is 10.1 Å². The fraction of sp³-hybridized carbons (Fsp3) is 0.500. The maximum Gasteiger partial charge on any atom is 0.310 e. The Morgan fingerprint density at radius 1 is 1.47 bits per heavy atom. The number of piperidine rings is 1. The van der Waals surface area contributed by atoms with Crippen molar-refractivity contribution in [3.8, 4) is 5.75 Å². The molecule has 0 aromatic heterocycles. The molecule has 1 heterocycles. The molecule has 2 rings (SSSR count). The van der Waals surface area contributed by atoms with Gasteiger partial charge in [-0.3, -0.25) is 4.79 Å². The molecule has 104 valence electrons. The molecule has 1 fully saturated rings. The van der Waals surface area contributed by atoms with E-state index in [0.29, 0.717) is 19.3 Å². The van der Waals surface area contributed by atoms with E-state index < -0.39 is 11.4 Å². The first kappa shape index (κ1) is 14.3. The molecule has 1 aromatic rings. The summed E-state index contributed by atoms with van der Waals surface area (Å²) < 4.78 is 6.15. The Bertz CT molecular complexity index is 470. The van der Waals surface area contributed by atoms with Crippen molar-refractivity contribution >= 4 is 21.9 Å². The maximum absolute atomic E-state index is 11.7. The first-order valence-electron chi connectivity index (χ1n) is 6.34. The number of methoxy groups -OCH3 is 1. The number of benzene rings is 1. The zero-order chi connectivity index (χ0) is 13.9. The minimum atomic E-state index is -0.705. The van der Waals surface area contributed by atoms with Crippen molar-refractivity contribution in [2.45, 2.75) is 19.3 Å². The number of hydrogen-bond acceptors (Lipinski definition) is 3. The summed E-state index contributed by atoms with van der Waals surface area (Å²) in [4.78, 5) is 11.7. The summed E-state index contributed by atoms with van der Waals surface area (Å²) in [7, 11) is 1.62. The van der Waals surface area contributed by atoms with E-state index >= 15 is 0 Å². The lowest BCUT2D eigenvalue weighted by atomic mass is 9.74. The molecule has 0 amide bonds. The largest absolute Gasteiger partial charge is 0.497 e. The Labute approximate surface area is 121 Å². The van der Waals surface area contributed by atoms with Gasteiger partial charge in [0, 0.05) is 4.47 Å². The molecule has 1 aliphatic heterocycles. The van der Waals surface area contributed by atoms with Crippen LogP contribution in [0.1, 0.15) is 18.4 Å². The number of ether oxygens (including phenoxy) is 1. The zero-order valence-electron chi connectivity index (χ0n) is 10.9. The van der Waals surface area contributed by atoms with E-state index in [1.54, 1.807) is 7.11 Å². The van der Waals surface area contributed by atoms with Gasteiger partial charge in [0.25, 0.3) is 0 Å². The second-order valence-corrected chi connectivity index (χ2v) is 5.82. The van der Waals surface area contributed by atoms with Crippen LogP contribution in [0.3, 0.4) is 0 Å². The summed E-state index contributed by atoms with van der Waals surface area (Å²) in [6.45, 7) is 1.52. The highest BCUT2D eigenvalue weighted by Crippen LogP contribution is 2.36. The molecule has 0 unspecified atom stereocenters. The predicted octanol–water partition coefficient (Wildman–Crippen LogP) is 2.45. The van der Waals surface area contributed by atoms with Gasteiger partial charge in [-0.1, -0.05) is 15.9 Å². The van der Waals surface area contributed by atoms with Crippen molar-refractivity contribution in [3.05, 3.63) is 28.2 Å². The van der Waals surface area contributed by atoms with Gasteiger partial charge in [0.15, 0.2) is 0 Å². The number of rotatable bonds is 4. The smallest absolute Gasteiger partial charge is 0.310 e. The van der Waals surface area contributed by atoms with E-state index in [1.807, 2.05) is 18.2 Å². The fourth-order valence-electron chi connectivity index (χ4n) is 2.55. The molecule has 4 nitrogen and oxygen atoms in total.